The highest BCUT2D eigenvalue weighted by Crippen LogP contribution is 2.18. The van der Waals surface area contributed by atoms with Crippen LogP contribution in [0.4, 0.5) is 0 Å². The lowest BCUT2D eigenvalue weighted by Gasteiger charge is -2.24. The van der Waals surface area contributed by atoms with Gasteiger partial charge in [-0.1, -0.05) is 28.9 Å². The fourth-order valence-electron chi connectivity index (χ4n) is 1.64. The molecule has 0 saturated heterocycles. The van der Waals surface area contributed by atoms with Crippen LogP contribution in [0.1, 0.15) is 33.1 Å². The van der Waals surface area contributed by atoms with Crippen molar-refractivity contribution in [3.8, 4) is 5.75 Å². The van der Waals surface area contributed by atoms with Crippen LogP contribution < -0.4 is 10.1 Å². The van der Waals surface area contributed by atoms with E-state index in [1.54, 1.807) is 6.92 Å². The number of carboxylic acids is 1. The van der Waals surface area contributed by atoms with Gasteiger partial charge >= 0.3 is 5.97 Å². The third-order valence-electron chi connectivity index (χ3n) is 3.21. The molecule has 1 atom stereocenters. The number of ether oxygens (including phenoxy) is 1. The Labute approximate surface area is 132 Å². The highest BCUT2D eigenvalue weighted by Gasteiger charge is 2.32. The minimum Gasteiger partial charge on any atom is -0.494 e. The summed E-state index contributed by atoms with van der Waals surface area (Å²) in [4.78, 5) is 22.8. The summed E-state index contributed by atoms with van der Waals surface area (Å²) in [6.07, 6.45) is 1.09. The van der Waals surface area contributed by atoms with Gasteiger partial charge in [0.15, 0.2) is 0 Å². The maximum absolute atomic E-state index is 11.7. The van der Waals surface area contributed by atoms with Crippen LogP contribution in [0.25, 0.3) is 0 Å². The molecule has 1 rings (SSSR count). The lowest BCUT2D eigenvalue weighted by atomic mass is 9.99. The van der Waals surface area contributed by atoms with E-state index in [9.17, 15) is 9.59 Å². The van der Waals surface area contributed by atoms with E-state index in [0.717, 1.165) is 10.2 Å². The Morgan fingerprint density at radius 2 is 2.14 bits per heavy atom. The third kappa shape index (κ3) is 5.75. The molecule has 21 heavy (non-hydrogen) atoms. The molecule has 0 fully saturated rings. The highest BCUT2D eigenvalue weighted by atomic mass is 79.9. The molecule has 0 saturated carbocycles. The molecular weight excluding hydrogens is 338 g/mol. The molecule has 0 spiro atoms. The summed E-state index contributed by atoms with van der Waals surface area (Å²) in [6, 6.07) is 7.45. The zero-order valence-electron chi connectivity index (χ0n) is 12.2. The molecule has 0 aliphatic rings. The smallest absolute Gasteiger partial charge is 0.329 e. The van der Waals surface area contributed by atoms with Crippen molar-refractivity contribution in [1.29, 1.82) is 0 Å². The van der Waals surface area contributed by atoms with Gasteiger partial charge in [-0.25, -0.2) is 4.79 Å². The van der Waals surface area contributed by atoms with E-state index in [-0.39, 0.29) is 12.3 Å². The molecule has 0 bridgehead atoms. The molecule has 0 aliphatic heterocycles. The van der Waals surface area contributed by atoms with E-state index < -0.39 is 11.5 Å². The lowest BCUT2D eigenvalue weighted by Crippen LogP contribution is -2.51. The minimum absolute atomic E-state index is 0.233. The molecule has 1 amide bonds. The quantitative estimate of drug-likeness (QED) is 0.701. The summed E-state index contributed by atoms with van der Waals surface area (Å²) in [5, 5.41) is 11.6. The molecule has 5 nitrogen and oxygen atoms in total. The van der Waals surface area contributed by atoms with Gasteiger partial charge in [-0.15, -0.1) is 0 Å². The Bertz CT molecular complexity index is 506. The Morgan fingerprint density at radius 1 is 1.43 bits per heavy atom. The Hall–Kier alpha value is -1.56. The number of hydrogen-bond donors (Lipinski definition) is 2. The van der Waals surface area contributed by atoms with Crippen LogP contribution in [0.5, 0.6) is 5.75 Å². The zero-order chi connectivity index (χ0) is 15.9. The predicted molar refractivity (Wildman–Crippen MR) is 83.3 cm³/mol. The summed E-state index contributed by atoms with van der Waals surface area (Å²) in [5.74, 6) is -0.572. The first-order chi connectivity index (χ1) is 9.87. The number of carbonyl (C=O) groups excluding carboxylic acids is 1. The minimum atomic E-state index is -1.21. The number of halogens is 1. The Balaban J connectivity index is 2.32. The van der Waals surface area contributed by atoms with Crippen molar-refractivity contribution in [1.82, 2.24) is 5.32 Å². The van der Waals surface area contributed by atoms with Crippen molar-refractivity contribution in [2.24, 2.45) is 0 Å². The molecule has 0 aliphatic carbocycles. The number of hydrogen-bond acceptors (Lipinski definition) is 3. The zero-order valence-corrected chi connectivity index (χ0v) is 13.8. The van der Waals surface area contributed by atoms with Crippen LogP contribution in [0.2, 0.25) is 0 Å². The third-order valence-corrected chi connectivity index (χ3v) is 3.70. The fourth-order valence-corrected chi connectivity index (χ4v) is 2.02. The van der Waals surface area contributed by atoms with Gasteiger partial charge < -0.3 is 15.2 Å². The number of carboxylic acid groups (broad SMARTS) is 1. The monoisotopic (exact) mass is 357 g/mol. The van der Waals surface area contributed by atoms with Gasteiger partial charge in [-0.05, 0) is 38.0 Å². The number of benzene rings is 1. The van der Waals surface area contributed by atoms with E-state index in [1.807, 2.05) is 24.3 Å². The average molecular weight is 358 g/mol. The molecule has 2 N–H and O–H groups in total. The summed E-state index contributed by atoms with van der Waals surface area (Å²) in [6.45, 7) is 3.63. The molecule has 116 valence electrons. The summed E-state index contributed by atoms with van der Waals surface area (Å²) >= 11 is 3.35. The van der Waals surface area contributed by atoms with Crippen molar-refractivity contribution >= 4 is 27.8 Å². The molecule has 1 aromatic rings. The maximum atomic E-state index is 11.7. The van der Waals surface area contributed by atoms with Crippen LogP contribution in [-0.4, -0.2) is 29.1 Å². The van der Waals surface area contributed by atoms with Crippen LogP contribution in [0.15, 0.2) is 28.7 Å². The molecule has 0 heterocycles. The van der Waals surface area contributed by atoms with Gasteiger partial charge in [0.05, 0.1) is 6.61 Å². The number of aliphatic carboxylic acids is 1. The summed E-state index contributed by atoms with van der Waals surface area (Å²) in [7, 11) is 0. The van der Waals surface area contributed by atoms with E-state index in [4.69, 9.17) is 9.84 Å². The van der Waals surface area contributed by atoms with Crippen LogP contribution >= 0.6 is 15.9 Å². The van der Waals surface area contributed by atoms with E-state index in [2.05, 4.69) is 21.2 Å². The normalized spacial score (nSPS) is 13.3. The topological polar surface area (TPSA) is 75.6 Å². The largest absolute Gasteiger partial charge is 0.494 e. The fraction of sp³-hybridized carbons (Fsp3) is 0.467. The van der Waals surface area contributed by atoms with Crippen molar-refractivity contribution in [2.45, 2.75) is 38.6 Å². The second kappa shape index (κ2) is 8.02. The van der Waals surface area contributed by atoms with E-state index >= 15 is 0 Å². The predicted octanol–water partition coefficient (Wildman–Crippen LogP) is 2.98. The van der Waals surface area contributed by atoms with Gasteiger partial charge in [0.1, 0.15) is 11.3 Å². The second-order valence-electron chi connectivity index (χ2n) is 4.95. The molecule has 1 aromatic carbocycles. The van der Waals surface area contributed by atoms with Gasteiger partial charge in [0.25, 0.3) is 0 Å². The molecule has 0 aromatic heterocycles. The van der Waals surface area contributed by atoms with E-state index in [0.29, 0.717) is 19.4 Å². The second-order valence-corrected chi connectivity index (χ2v) is 5.86. The summed E-state index contributed by atoms with van der Waals surface area (Å²) in [5.41, 5.74) is -1.21. The number of rotatable bonds is 8. The Morgan fingerprint density at radius 3 is 2.71 bits per heavy atom. The molecule has 1 unspecified atom stereocenters. The van der Waals surface area contributed by atoms with Crippen molar-refractivity contribution in [2.75, 3.05) is 6.61 Å². The number of nitrogens with one attached hydrogen (secondary N) is 1. The van der Waals surface area contributed by atoms with Crippen molar-refractivity contribution in [3.63, 3.8) is 0 Å². The lowest BCUT2D eigenvalue weighted by molar-refractivity contribution is -0.147. The molecular formula is C15H20BrNO4. The number of carbonyl (C=O) groups is 2. The van der Waals surface area contributed by atoms with E-state index in [1.165, 1.54) is 6.92 Å². The average Bonchev–Trinajstić information content (AvgIpc) is 2.43. The van der Waals surface area contributed by atoms with Gasteiger partial charge in [-0.3, -0.25) is 4.79 Å². The molecule has 0 radical (unpaired) electrons. The SMILES string of the molecule is CCC(C)(NC(=O)CCCOc1cccc(Br)c1)C(=O)O. The van der Waals surface area contributed by atoms with Crippen molar-refractivity contribution in [3.05, 3.63) is 28.7 Å². The standard InChI is InChI=1S/C15H20BrNO4/c1-3-15(2,14(19)20)17-13(18)8-5-9-21-12-7-4-6-11(16)10-12/h4,6-7,10H,3,5,8-9H2,1-2H3,(H,17,18)(H,19,20). The van der Waals surface area contributed by atoms with Crippen LogP contribution in [0, 0.1) is 0 Å². The van der Waals surface area contributed by atoms with Crippen LogP contribution in [0.3, 0.4) is 0 Å². The molecule has 6 heteroatoms. The first-order valence-corrected chi connectivity index (χ1v) is 7.59. The van der Waals surface area contributed by atoms with Gasteiger partial charge in [0.2, 0.25) is 5.91 Å². The van der Waals surface area contributed by atoms with Crippen molar-refractivity contribution < 1.29 is 19.4 Å². The highest BCUT2D eigenvalue weighted by molar-refractivity contribution is 9.10. The Kier molecular flexibility index (Phi) is 6.68. The maximum Gasteiger partial charge on any atom is 0.329 e. The summed E-state index contributed by atoms with van der Waals surface area (Å²) < 4.78 is 6.44. The first-order valence-electron chi connectivity index (χ1n) is 6.80. The van der Waals surface area contributed by atoms with Gasteiger partial charge in [0, 0.05) is 10.9 Å². The number of amides is 1. The first kappa shape index (κ1) is 17.5. The van der Waals surface area contributed by atoms with Crippen LogP contribution in [-0.2, 0) is 9.59 Å². The van der Waals surface area contributed by atoms with Gasteiger partial charge in [-0.2, -0.15) is 0 Å².